The second kappa shape index (κ2) is 8.31. The van der Waals surface area contributed by atoms with E-state index in [-0.39, 0.29) is 17.6 Å². The Bertz CT molecular complexity index is 577. The minimum Gasteiger partial charge on any atom is -0.299 e. The number of thioether (sulfide) groups is 1. The molecular formula is C16H24FNO2S2. The molecule has 1 aromatic rings. The predicted molar refractivity (Wildman–Crippen MR) is 90.7 cm³/mol. The quantitative estimate of drug-likeness (QED) is 0.678. The Balaban J connectivity index is 1.88. The molecular weight excluding hydrogens is 321 g/mol. The zero-order valence-electron chi connectivity index (χ0n) is 13.0. The summed E-state index contributed by atoms with van der Waals surface area (Å²) in [5.41, 5.74) is 0. The topological polar surface area (TPSA) is 37.4 Å². The molecule has 0 radical (unpaired) electrons. The maximum atomic E-state index is 13.6. The van der Waals surface area contributed by atoms with Crippen LogP contribution < -0.4 is 0 Å². The molecule has 2 rings (SSSR count). The zero-order chi connectivity index (χ0) is 16.0. The predicted octanol–water partition coefficient (Wildman–Crippen LogP) is 3.21. The van der Waals surface area contributed by atoms with E-state index in [4.69, 9.17) is 0 Å². The van der Waals surface area contributed by atoms with Gasteiger partial charge in [-0.15, -0.1) is 11.8 Å². The molecule has 1 aromatic carbocycles. The Labute approximate surface area is 137 Å². The van der Waals surface area contributed by atoms with Crippen LogP contribution in [0.1, 0.15) is 26.2 Å². The molecule has 0 amide bonds. The van der Waals surface area contributed by atoms with Crippen molar-refractivity contribution in [1.82, 2.24) is 4.90 Å². The third-order valence-electron chi connectivity index (χ3n) is 4.00. The number of rotatable bonds is 8. The van der Waals surface area contributed by atoms with Crippen LogP contribution in [-0.4, -0.2) is 49.7 Å². The van der Waals surface area contributed by atoms with Gasteiger partial charge in [-0.2, -0.15) is 0 Å². The lowest BCUT2D eigenvalue weighted by Gasteiger charge is -2.27. The number of benzene rings is 1. The third-order valence-corrected chi connectivity index (χ3v) is 6.78. The van der Waals surface area contributed by atoms with Crippen molar-refractivity contribution in [1.29, 1.82) is 0 Å². The summed E-state index contributed by atoms with van der Waals surface area (Å²) in [5.74, 6) is 1.18. The van der Waals surface area contributed by atoms with Crippen molar-refractivity contribution in [2.45, 2.75) is 37.1 Å². The molecule has 0 bridgehead atoms. The lowest BCUT2D eigenvalue weighted by atomic mass is 10.2. The molecule has 1 aliphatic heterocycles. The molecule has 1 atom stereocenters. The standard InChI is InChI=1S/C16H24FNO2S2/c1-2-3-9-18(14-8-12-22(19,20)13-14)10-11-21-16-7-5-4-6-15(16)17/h4-7,14H,2-3,8-13H2,1H3. The van der Waals surface area contributed by atoms with Crippen molar-refractivity contribution < 1.29 is 12.8 Å². The minimum atomic E-state index is -2.86. The molecule has 3 nitrogen and oxygen atoms in total. The monoisotopic (exact) mass is 345 g/mol. The van der Waals surface area contributed by atoms with Crippen LogP contribution in [0.25, 0.3) is 0 Å². The van der Waals surface area contributed by atoms with E-state index in [1.54, 1.807) is 12.1 Å². The van der Waals surface area contributed by atoms with Crippen molar-refractivity contribution in [3.63, 3.8) is 0 Å². The second-order valence-electron chi connectivity index (χ2n) is 5.73. The molecule has 1 fully saturated rings. The fourth-order valence-electron chi connectivity index (χ4n) is 2.74. The third kappa shape index (κ3) is 5.25. The van der Waals surface area contributed by atoms with E-state index in [0.717, 1.165) is 38.1 Å². The maximum Gasteiger partial charge on any atom is 0.151 e. The van der Waals surface area contributed by atoms with Crippen LogP contribution in [0.15, 0.2) is 29.2 Å². The number of hydrogen-bond donors (Lipinski definition) is 0. The molecule has 124 valence electrons. The molecule has 1 unspecified atom stereocenters. The smallest absolute Gasteiger partial charge is 0.151 e. The molecule has 0 aliphatic carbocycles. The van der Waals surface area contributed by atoms with E-state index in [1.165, 1.54) is 17.8 Å². The van der Waals surface area contributed by atoms with E-state index < -0.39 is 9.84 Å². The van der Waals surface area contributed by atoms with Gasteiger partial charge in [0, 0.05) is 23.2 Å². The van der Waals surface area contributed by atoms with Gasteiger partial charge in [-0.1, -0.05) is 25.5 Å². The average molecular weight is 346 g/mol. The molecule has 0 saturated carbocycles. The number of sulfone groups is 1. The van der Waals surface area contributed by atoms with Gasteiger partial charge in [0.05, 0.1) is 11.5 Å². The van der Waals surface area contributed by atoms with Crippen LogP contribution in [0, 0.1) is 5.82 Å². The summed E-state index contributed by atoms with van der Waals surface area (Å²) < 4.78 is 37.0. The van der Waals surface area contributed by atoms with Crippen molar-refractivity contribution in [2.24, 2.45) is 0 Å². The maximum absolute atomic E-state index is 13.6. The van der Waals surface area contributed by atoms with Crippen LogP contribution in [-0.2, 0) is 9.84 Å². The van der Waals surface area contributed by atoms with E-state index in [0.29, 0.717) is 10.6 Å². The number of hydrogen-bond acceptors (Lipinski definition) is 4. The first-order valence-electron chi connectivity index (χ1n) is 7.83. The lowest BCUT2D eigenvalue weighted by Crippen LogP contribution is -2.38. The summed E-state index contributed by atoms with van der Waals surface area (Å²) >= 11 is 1.50. The van der Waals surface area contributed by atoms with Gasteiger partial charge < -0.3 is 0 Å². The Kier molecular flexibility index (Phi) is 6.71. The van der Waals surface area contributed by atoms with E-state index in [2.05, 4.69) is 11.8 Å². The number of unbranched alkanes of at least 4 members (excludes halogenated alkanes) is 1. The highest BCUT2D eigenvalue weighted by molar-refractivity contribution is 7.99. The zero-order valence-corrected chi connectivity index (χ0v) is 14.6. The number of halogens is 1. The fraction of sp³-hybridized carbons (Fsp3) is 0.625. The summed E-state index contributed by atoms with van der Waals surface area (Å²) in [4.78, 5) is 2.94. The van der Waals surface area contributed by atoms with Crippen LogP contribution in [0.2, 0.25) is 0 Å². The lowest BCUT2D eigenvalue weighted by molar-refractivity contribution is 0.222. The van der Waals surface area contributed by atoms with E-state index >= 15 is 0 Å². The van der Waals surface area contributed by atoms with Gasteiger partial charge in [-0.05, 0) is 31.5 Å². The Morgan fingerprint density at radius 2 is 2.09 bits per heavy atom. The molecule has 0 spiro atoms. The summed E-state index contributed by atoms with van der Waals surface area (Å²) in [6.45, 7) is 3.87. The van der Waals surface area contributed by atoms with Crippen LogP contribution >= 0.6 is 11.8 Å². The largest absolute Gasteiger partial charge is 0.299 e. The van der Waals surface area contributed by atoms with Gasteiger partial charge in [-0.3, -0.25) is 4.90 Å². The first-order chi connectivity index (χ1) is 10.5. The van der Waals surface area contributed by atoms with Crippen molar-refractivity contribution >= 4 is 21.6 Å². The van der Waals surface area contributed by atoms with Crippen molar-refractivity contribution in [3.05, 3.63) is 30.1 Å². The Morgan fingerprint density at radius 1 is 1.32 bits per heavy atom. The molecule has 1 aliphatic rings. The van der Waals surface area contributed by atoms with Gasteiger partial charge in [0.25, 0.3) is 0 Å². The summed E-state index contributed by atoms with van der Waals surface area (Å²) in [7, 11) is -2.86. The molecule has 1 saturated heterocycles. The van der Waals surface area contributed by atoms with Gasteiger partial charge >= 0.3 is 0 Å². The minimum absolute atomic E-state index is 0.137. The van der Waals surface area contributed by atoms with E-state index in [9.17, 15) is 12.8 Å². The Morgan fingerprint density at radius 3 is 2.73 bits per heavy atom. The van der Waals surface area contributed by atoms with Gasteiger partial charge in [0.2, 0.25) is 0 Å². The van der Waals surface area contributed by atoms with Crippen LogP contribution in [0.3, 0.4) is 0 Å². The highest BCUT2D eigenvalue weighted by Crippen LogP contribution is 2.23. The van der Waals surface area contributed by atoms with Crippen molar-refractivity contribution in [2.75, 3.05) is 30.3 Å². The number of nitrogens with zero attached hydrogens (tertiary/aromatic N) is 1. The molecule has 0 N–H and O–H groups in total. The van der Waals surface area contributed by atoms with Gasteiger partial charge in [-0.25, -0.2) is 12.8 Å². The van der Waals surface area contributed by atoms with E-state index in [1.807, 2.05) is 6.07 Å². The molecule has 1 heterocycles. The highest BCUT2D eigenvalue weighted by atomic mass is 32.2. The van der Waals surface area contributed by atoms with Crippen LogP contribution in [0.5, 0.6) is 0 Å². The normalized spacial score (nSPS) is 20.6. The molecule has 22 heavy (non-hydrogen) atoms. The first kappa shape index (κ1) is 17.8. The molecule has 6 heteroatoms. The fourth-order valence-corrected chi connectivity index (χ4v) is 5.42. The molecule has 0 aromatic heterocycles. The summed E-state index contributed by atoms with van der Waals surface area (Å²) in [6, 6.07) is 6.93. The summed E-state index contributed by atoms with van der Waals surface area (Å²) in [5, 5.41) is 0. The van der Waals surface area contributed by atoms with Gasteiger partial charge in [0.1, 0.15) is 5.82 Å². The second-order valence-corrected chi connectivity index (χ2v) is 9.09. The van der Waals surface area contributed by atoms with Crippen molar-refractivity contribution in [3.8, 4) is 0 Å². The SMILES string of the molecule is CCCCN(CCSc1ccccc1F)C1CCS(=O)(=O)C1. The highest BCUT2D eigenvalue weighted by Gasteiger charge is 2.31. The summed E-state index contributed by atoms with van der Waals surface area (Å²) in [6.07, 6.45) is 2.90. The van der Waals surface area contributed by atoms with Gasteiger partial charge in [0.15, 0.2) is 9.84 Å². The average Bonchev–Trinajstić information content (AvgIpc) is 2.84. The first-order valence-corrected chi connectivity index (χ1v) is 10.6. The Hall–Kier alpha value is -0.590. The van der Waals surface area contributed by atoms with Crippen LogP contribution in [0.4, 0.5) is 4.39 Å².